The molecule has 86 valence electrons. The molecule has 1 aromatic rings. The summed E-state index contributed by atoms with van der Waals surface area (Å²) in [5.41, 5.74) is 4.71. The van der Waals surface area contributed by atoms with E-state index in [4.69, 9.17) is 4.74 Å². The van der Waals surface area contributed by atoms with Gasteiger partial charge in [-0.3, -0.25) is 0 Å². The van der Waals surface area contributed by atoms with Gasteiger partial charge in [0.25, 0.3) is 0 Å². The number of rotatable bonds is 3. The van der Waals surface area contributed by atoms with Crippen LogP contribution in [0.1, 0.15) is 35.4 Å². The first kappa shape index (κ1) is 10.2. The number of fused-ring (bicyclic) bond motifs is 3. The molecule has 1 aliphatic carbocycles. The third kappa shape index (κ3) is 1.52. The average Bonchev–Trinajstić information content (AvgIpc) is 2.91. The quantitative estimate of drug-likeness (QED) is 0.838. The summed E-state index contributed by atoms with van der Waals surface area (Å²) >= 11 is 0. The summed E-state index contributed by atoms with van der Waals surface area (Å²) in [5.74, 6) is 1.91. The van der Waals surface area contributed by atoms with Crippen molar-refractivity contribution in [2.24, 2.45) is 0 Å². The van der Waals surface area contributed by atoms with Gasteiger partial charge in [-0.2, -0.15) is 0 Å². The fraction of sp³-hybridized carbons (Fsp3) is 0.571. The Morgan fingerprint density at radius 3 is 3.19 bits per heavy atom. The normalized spacial score (nSPS) is 21.7. The second-order valence-corrected chi connectivity index (χ2v) is 4.84. The van der Waals surface area contributed by atoms with Crippen LogP contribution in [0.25, 0.3) is 0 Å². The molecule has 0 saturated heterocycles. The van der Waals surface area contributed by atoms with Crippen LogP contribution >= 0.6 is 0 Å². The molecule has 1 unspecified atom stereocenters. The third-order valence-electron chi connectivity index (χ3n) is 3.93. The lowest BCUT2D eigenvalue weighted by molar-refractivity contribution is 0.357. The molecule has 1 aromatic carbocycles. The monoisotopic (exact) mass is 217 g/mol. The minimum absolute atomic E-state index is 0.763. The van der Waals surface area contributed by atoms with Gasteiger partial charge in [-0.1, -0.05) is 6.07 Å². The van der Waals surface area contributed by atoms with E-state index in [1.54, 1.807) is 11.1 Å². The predicted octanol–water partition coefficient (Wildman–Crippen LogP) is 2.26. The molecule has 2 aliphatic rings. The van der Waals surface area contributed by atoms with E-state index in [9.17, 15) is 0 Å². The summed E-state index contributed by atoms with van der Waals surface area (Å²) in [7, 11) is 2.04. The standard InChI is InChI=1S/C14H19NO/c1-15-8-6-11-3-2-10-4-5-13-12(14(10)11)7-9-16-13/h4-5,11,15H,2-3,6-9H2,1H3. The first-order valence-electron chi connectivity index (χ1n) is 6.32. The van der Waals surface area contributed by atoms with Crippen LogP contribution < -0.4 is 10.1 Å². The highest BCUT2D eigenvalue weighted by atomic mass is 16.5. The Kier molecular flexibility index (Phi) is 2.60. The van der Waals surface area contributed by atoms with E-state index in [-0.39, 0.29) is 0 Å². The molecule has 0 spiro atoms. The number of hydrogen-bond acceptors (Lipinski definition) is 2. The predicted molar refractivity (Wildman–Crippen MR) is 65.2 cm³/mol. The van der Waals surface area contributed by atoms with Gasteiger partial charge in [0.05, 0.1) is 6.61 Å². The topological polar surface area (TPSA) is 21.3 Å². The lowest BCUT2D eigenvalue weighted by Gasteiger charge is -2.14. The molecule has 0 aromatic heterocycles. The Morgan fingerprint density at radius 2 is 2.31 bits per heavy atom. The van der Waals surface area contributed by atoms with Crippen molar-refractivity contribution in [2.45, 2.75) is 31.6 Å². The van der Waals surface area contributed by atoms with E-state index in [2.05, 4.69) is 17.4 Å². The fourth-order valence-corrected chi connectivity index (χ4v) is 3.16. The van der Waals surface area contributed by atoms with E-state index in [1.807, 2.05) is 7.05 Å². The van der Waals surface area contributed by atoms with E-state index in [0.29, 0.717) is 0 Å². The molecule has 1 atom stereocenters. The minimum atomic E-state index is 0.763. The molecule has 0 bridgehead atoms. The number of hydrogen-bond donors (Lipinski definition) is 1. The smallest absolute Gasteiger partial charge is 0.122 e. The van der Waals surface area contributed by atoms with Crippen molar-refractivity contribution in [3.63, 3.8) is 0 Å². The molecule has 3 rings (SSSR count). The third-order valence-corrected chi connectivity index (χ3v) is 3.93. The number of nitrogens with one attached hydrogen (secondary N) is 1. The van der Waals surface area contributed by atoms with Crippen LogP contribution in [0.2, 0.25) is 0 Å². The van der Waals surface area contributed by atoms with Crippen molar-refractivity contribution in [1.29, 1.82) is 0 Å². The van der Waals surface area contributed by atoms with Crippen molar-refractivity contribution in [2.75, 3.05) is 20.2 Å². The SMILES string of the molecule is CNCCC1CCc2ccc3c(c21)CCO3. The van der Waals surface area contributed by atoms with Crippen LogP contribution in [-0.2, 0) is 12.8 Å². The number of aryl methyl sites for hydroxylation is 1. The molecule has 2 heteroatoms. The Morgan fingerprint density at radius 1 is 1.38 bits per heavy atom. The second kappa shape index (κ2) is 4.10. The van der Waals surface area contributed by atoms with Gasteiger partial charge in [-0.25, -0.2) is 0 Å². The van der Waals surface area contributed by atoms with Gasteiger partial charge >= 0.3 is 0 Å². The molecule has 0 radical (unpaired) electrons. The second-order valence-electron chi connectivity index (χ2n) is 4.84. The van der Waals surface area contributed by atoms with Crippen molar-refractivity contribution in [3.8, 4) is 5.75 Å². The maximum atomic E-state index is 5.66. The summed E-state index contributed by atoms with van der Waals surface area (Å²) in [6.45, 7) is 2.00. The molecule has 1 aliphatic heterocycles. The van der Waals surface area contributed by atoms with Gasteiger partial charge in [0, 0.05) is 12.0 Å². The first-order chi connectivity index (χ1) is 7.90. The summed E-state index contributed by atoms with van der Waals surface area (Å²) in [6.07, 6.45) is 4.97. The summed E-state index contributed by atoms with van der Waals surface area (Å²) in [6, 6.07) is 4.44. The Hall–Kier alpha value is -1.02. The molecule has 0 amide bonds. The summed E-state index contributed by atoms with van der Waals surface area (Å²) in [5, 5.41) is 3.26. The zero-order chi connectivity index (χ0) is 11.0. The van der Waals surface area contributed by atoms with Gasteiger partial charge in [-0.15, -0.1) is 0 Å². The molecular weight excluding hydrogens is 198 g/mol. The molecule has 16 heavy (non-hydrogen) atoms. The van der Waals surface area contributed by atoms with Crippen LogP contribution in [0.5, 0.6) is 5.75 Å². The van der Waals surface area contributed by atoms with Crippen molar-refractivity contribution >= 4 is 0 Å². The molecule has 1 heterocycles. The average molecular weight is 217 g/mol. The lowest BCUT2D eigenvalue weighted by Crippen LogP contribution is -2.11. The van der Waals surface area contributed by atoms with Gasteiger partial charge in [0.2, 0.25) is 0 Å². The minimum Gasteiger partial charge on any atom is -0.493 e. The van der Waals surface area contributed by atoms with Gasteiger partial charge in [-0.05, 0) is 56.0 Å². The zero-order valence-corrected chi connectivity index (χ0v) is 9.88. The Bertz CT molecular complexity index is 400. The van der Waals surface area contributed by atoms with E-state index in [0.717, 1.165) is 31.2 Å². The molecule has 1 N–H and O–H groups in total. The van der Waals surface area contributed by atoms with Crippen LogP contribution in [0, 0.1) is 0 Å². The van der Waals surface area contributed by atoms with Crippen LogP contribution in [-0.4, -0.2) is 20.2 Å². The van der Waals surface area contributed by atoms with Crippen LogP contribution in [0.15, 0.2) is 12.1 Å². The largest absolute Gasteiger partial charge is 0.493 e. The van der Waals surface area contributed by atoms with Crippen LogP contribution in [0.3, 0.4) is 0 Å². The first-order valence-corrected chi connectivity index (χ1v) is 6.32. The summed E-state index contributed by atoms with van der Waals surface area (Å²) < 4.78 is 5.66. The van der Waals surface area contributed by atoms with E-state index in [1.165, 1.54) is 24.8 Å². The van der Waals surface area contributed by atoms with Gasteiger partial charge < -0.3 is 10.1 Å². The van der Waals surface area contributed by atoms with Crippen molar-refractivity contribution in [1.82, 2.24) is 5.32 Å². The van der Waals surface area contributed by atoms with Gasteiger partial charge in [0.1, 0.15) is 5.75 Å². The van der Waals surface area contributed by atoms with Crippen molar-refractivity contribution < 1.29 is 4.74 Å². The molecule has 2 nitrogen and oxygen atoms in total. The maximum Gasteiger partial charge on any atom is 0.122 e. The highest BCUT2D eigenvalue weighted by Gasteiger charge is 2.28. The van der Waals surface area contributed by atoms with E-state index >= 15 is 0 Å². The van der Waals surface area contributed by atoms with E-state index < -0.39 is 0 Å². The fourth-order valence-electron chi connectivity index (χ4n) is 3.16. The highest BCUT2D eigenvalue weighted by molar-refractivity contribution is 5.51. The van der Waals surface area contributed by atoms with Crippen LogP contribution in [0.4, 0.5) is 0 Å². The van der Waals surface area contributed by atoms with Crippen molar-refractivity contribution in [3.05, 3.63) is 28.8 Å². The molecule has 0 fully saturated rings. The molecule has 0 saturated carbocycles. The number of ether oxygens (including phenoxy) is 1. The summed E-state index contributed by atoms with van der Waals surface area (Å²) in [4.78, 5) is 0. The molecular formula is C14H19NO. The Labute approximate surface area is 97.0 Å². The van der Waals surface area contributed by atoms with Gasteiger partial charge in [0.15, 0.2) is 0 Å². The zero-order valence-electron chi connectivity index (χ0n) is 9.88. The number of benzene rings is 1. The maximum absolute atomic E-state index is 5.66. The Balaban J connectivity index is 1.94. The highest BCUT2D eigenvalue weighted by Crippen LogP contribution is 2.42. The lowest BCUT2D eigenvalue weighted by atomic mass is 9.92.